The zero-order valence-corrected chi connectivity index (χ0v) is 16.0. The number of nitrogens with two attached hydrogens (primary N) is 1. The second kappa shape index (κ2) is 7.73. The zero-order valence-electron chi connectivity index (χ0n) is 13.7. The monoisotopic (exact) mass is 413 g/mol. The number of amidine groups is 1. The van der Waals surface area contributed by atoms with Crippen molar-refractivity contribution in [2.24, 2.45) is 10.7 Å². The molecule has 0 saturated heterocycles. The summed E-state index contributed by atoms with van der Waals surface area (Å²) >= 11 is 11.7. The SMILES string of the molecule is NC1=N[C@@H](CCc2ccc(NS(=O)(=O)c3cc(Cl)cc(Cl)c3)cc2)CO1. The Labute approximate surface area is 162 Å². The van der Waals surface area contributed by atoms with Gasteiger partial charge < -0.3 is 10.5 Å². The van der Waals surface area contributed by atoms with Gasteiger partial charge in [0.15, 0.2) is 0 Å². The lowest BCUT2D eigenvalue weighted by molar-refractivity contribution is 0.308. The van der Waals surface area contributed by atoms with Gasteiger partial charge in [-0.25, -0.2) is 13.4 Å². The van der Waals surface area contributed by atoms with Gasteiger partial charge >= 0.3 is 0 Å². The quantitative estimate of drug-likeness (QED) is 0.757. The van der Waals surface area contributed by atoms with Gasteiger partial charge in [-0.15, -0.1) is 0 Å². The predicted octanol–water partition coefficient (Wildman–Crippen LogP) is 3.44. The number of sulfonamides is 1. The number of aliphatic imine (C=N–C) groups is 1. The smallest absolute Gasteiger partial charge is 0.282 e. The summed E-state index contributed by atoms with van der Waals surface area (Å²) in [4.78, 5) is 4.19. The molecule has 0 fully saturated rings. The second-order valence-electron chi connectivity index (χ2n) is 5.88. The molecule has 0 unspecified atom stereocenters. The van der Waals surface area contributed by atoms with E-state index in [1.54, 1.807) is 12.1 Å². The van der Waals surface area contributed by atoms with E-state index in [0.29, 0.717) is 12.3 Å². The third-order valence-corrected chi connectivity index (χ3v) is 5.65. The van der Waals surface area contributed by atoms with Crippen LogP contribution < -0.4 is 10.5 Å². The van der Waals surface area contributed by atoms with Crippen LogP contribution in [0, 0.1) is 0 Å². The van der Waals surface area contributed by atoms with E-state index < -0.39 is 10.0 Å². The first kappa shape index (κ1) is 18.8. The topological polar surface area (TPSA) is 93.8 Å². The largest absolute Gasteiger partial charge is 0.463 e. The number of hydrogen-bond donors (Lipinski definition) is 2. The highest BCUT2D eigenvalue weighted by Gasteiger charge is 2.17. The minimum Gasteiger partial charge on any atom is -0.463 e. The lowest BCUT2D eigenvalue weighted by atomic mass is 10.1. The molecule has 1 heterocycles. The van der Waals surface area contributed by atoms with Crippen LogP contribution in [-0.2, 0) is 21.2 Å². The van der Waals surface area contributed by atoms with Crippen LogP contribution in [0.5, 0.6) is 0 Å². The first-order valence-electron chi connectivity index (χ1n) is 7.86. The molecule has 0 aliphatic carbocycles. The molecule has 0 aromatic heterocycles. The summed E-state index contributed by atoms with van der Waals surface area (Å²) in [6.07, 6.45) is 1.61. The van der Waals surface area contributed by atoms with E-state index in [4.69, 9.17) is 33.7 Å². The standard InChI is InChI=1S/C17H17Cl2N3O3S/c18-12-7-13(19)9-16(8-12)26(23,24)22-14-4-1-11(2-5-14)3-6-15-10-25-17(20)21-15/h1-2,4-5,7-9,15,22H,3,6,10H2,(H2,20,21)/t15-/m0/s1. The molecular formula is C17H17Cl2N3O3S. The molecule has 0 radical (unpaired) electrons. The lowest BCUT2D eigenvalue weighted by Gasteiger charge is -2.10. The fourth-order valence-corrected chi connectivity index (χ4v) is 4.34. The average molecular weight is 414 g/mol. The van der Waals surface area contributed by atoms with Gasteiger partial charge in [0.2, 0.25) is 0 Å². The van der Waals surface area contributed by atoms with Crippen molar-refractivity contribution in [3.05, 3.63) is 58.1 Å². The fourth-order valence-electron chi connectivity index (χ4n) is 2.55. The maximum atomic E-state index is 12.5. The number of halogens is 2. The van der Waals surface area contributed by atoms with Crippen molar-refractivity contribution in [3.8, 4) is 0 Å². The summed E-state index contributed by atoms with van der Waals surface area (Å²) in [5, 5.41) is 0.514. The number of benzene rings is 2. The predicted molar refractivity (Wildman–Crippen MR) is 103 cm³/mol. The Morgan fingerprint density at radius 3 is 2.38 bits per heavy atom. The fraction of sp³-hybridized carbons (Fsp3) is 0.235. The summed E-state index contributed by atoms with van der Waals surface area (Å²) in [6.45, 7) is 0.506. The molecule has 2 aromatic rings. The molecule has 138 valence electrons. The normalized spacial score (nSPS) is 16.8. The van der Waals surface area contributed by atoms with Crippen molar-refractivity contribution in [1.29, 1.82) is 0 Å². The van der Waals surface area contributed by atoms with Crippen LogP contribution in [0.2, 0.25) is 10.0 Å². The van der Waals surface area contributed by atoms with E-state index >= 15 is 0 Å². The molecule has 0 spiro atoms. The third kappa shape index (κ3) is 4.81. The number of hydrogen-bond acceptors (Lipinski definition) is 5. The van der Waals surface area contributed by atoms with Crippen LogP contribution >= 0.6 is 23.2 Å². The van der Waals surface area contributed by atoms with Crippen LogP contribution in [-0.4, -0.2) is 27.1 Å². The van der Waals surface area contributed by atoms with Crippen molar-refractivity contribution >= 4 is 44.9 Å². The third-order valence-electron chi connectivity index (χ3n) is 3.85. The maximum Gasteiger partial charge on any atom is 0.282 e. The van der Waals surface area contributed by atoms with Crippen molar-refractivity contribution in [2.75, 3.05) is 11.3 Å². The van der Waals surface area contributed by atoms with E-state index in [1.165, 1.54) is 18.2 Å². The minimum absolute atomic E-state index is 0.00996. The lowest BCUT2D eigenvalue weighted by Crippen LogP contribution is -2.13. The molecule has 2 aromatic carbocycles. The molecule has 6 nitrogen and oxygen atoms in total. The zero-order chi connectivity index (χ0) is 18.7. The number of nitrogens with one attached hydrogen (secondary N) is 1. The number of anilines is 1. The van der Waals surface area contributed by atoms with Crippen molar-refractivity contribution in [2.45, 2.75) is 23.8 Å². The van der Waals surface area contributed by atoms with Crippen LogP contribution in [0.1, 0.15) is 12.0 Å². The summed E-state index contributed by atoms with van der Waals surface area (Å²) in [6, 6.07) is 11.6. The van der Waals surface area contributed by atoms with E-state index in [0.717, 1.165) is 18.4 Å². The first-order valence-corrected chi connectivity index (χ1v) is 10.1. The van der Waals surface area contributed by atoms with Gasteiger partial charge in [0.1, 0.15) is 6.61 Å². The highest BCUT2D eigenvalue weighted by atomic mass is 35.5. The molecule has 0 saturated carbocycles. The second-order valence-corrected chi connectivity index (χ2v) is 8.43. The van der Waals surface area contributed by atoms with E-state index in [2.05, 4.69) is 9.71 Å². The maximum absolute atomic E-state index is 12.5. The summed E-state index contributed by atoms with van der Waals surface area (Å²) in [5.41, 5.74) is 7.01. The molecule has 1 atom stereocenters. The van der Waals surface area contributed by atoms with E-state index in [1.807, 2.05) is 12.1 Å². The molecule has 9 heteroatoms. The summed E-state index contributed by atoms with van der Waals surface area (Å²) < 4.78 is 32.5. The molecule has 26 heavy (non-hydrogen) atoms. The van der Waals surface area contributed by atoms with Crippen LogP contribution in [0.4, 0.5) is 5.69 Å². The molecule has 1 aliphatic heterocycles. The van der Waals surface area contributed by atoms with Gasteiger partial charge in [0, 0.05) is 15.7 Å². The number of rotatable bonds is 6. The first-order chi connectivity index (χ1) is 12.3. The van der Waals surface area contributed by atoms with Crippen molar-refractivity contribution in [1.82, 2.24) is 0 Å². The van der Waals surface area contributed by atoms with Gasteiger partial charge in [-0.1, -0.05) is 35.3 Å². The van der Waals surface area contributed by atoms with Gasteiger partial charge in [-0.2, -0.15) is 0 Å². The van der Waals surface area contributed by atoms with Gasteiger partial charge in [0.25, 0.3) is 16.0 Å². The number of nitrogens with zero attached hydrogens (tertiary/aromatic N) is 1. The Kier molecular flexibility index (Phi) is 5.60. The highest BCUT2D eigenvalue weighted by Crippen LogP contribution is 2.24. The van der Waals surface area contributed by atoms with Crippen molar-refractivity contribution < 1.29 is 13.2 Å². The summed E-state index contributed by atoms with van der Waals surface area (Å²) in [7, 11) is -3.77. The van der Waals surface area contributed by atoms with Crippen LogP contribution in [0.3, 0.4) is 0 Å². The highest BCUT2D eigenvalue weighted by molar-refractivity contribution is 7.92. The Bertz CT molecular complexity index is 911. The van der Waals surface area contributed by atoms with Crippen LogP contribution in [0.25, 0.3) is 0 Å². The Morgan fingerprint density at radius 1 is 1.15 bits per heavy atom. The Balaban J connectivity index is 1.65. The Hall–Kier alpha value is -1.96. The number of ether oxygens (including phenoxy) is 1. The molecule has 3 N–H and O–H groups in total. The minimum atomic E-state index is -3.77. The van der Waals surface area contributed by atoms with E-state index in [9.17, 15) is 8.42 Å². The molecule has 3 rings (SSSR count). The molecular weight excluding hydrogens is 397 g/mol. The Morgan fingerprint density at radius 2 is 1.81 bits per heavy atom. The average Bonchev–Trinajstić information content (AvgIpc) is 2.98. The van der Waals surface area contributed by atoms with Gasteiger partial charge in [0.05, 0.1) is 10.9 Å². The molecule has 0 bridgehead atoms. The summed E-state index contributed by atoms with van der Waals surface area (Å²) in [5.74, 6) is 0. The molecule has 1 aliphatic rings. The van der Waals surface area contributed by atoms with Gasteiger partial charge in [-0.3, -0.25) is 4.72 Å². The van der Waals surface area contributed by atoms with Crippen LogP contribution in [0.15, 0.2) is 52.4 Å². The number of aryl methyl sites for hydroxylation is 1. The van der Waals surface area contributed by atoms with E-state index in [-0.39, 0.29) is 27.0 Å². The van der Waals surface area contributed by atoms with Crippen molar-refractivity contribution in [3.63, 3.8) is 0 Å². The molecule has 0 amide bonds. The van der Waals surface area contributed by atoms with Gasteiger partial charge in [-0.05, 0) is 48.7 Å².